The van der Waals surface area contributed by atoms with Gasteiger partial charge in [0.05, 0.1) is 6.54 Å². The molecule has 0 radical (unpaired) electrons. The molecule has 0 aliphatic carbocycles. The Hall–Kier alpha value is -1.62. The summed E-state index contributed by atoms with van der Waals surface area (Å²) in [7, 11) is 0. The molecule has 15 heavy (non-hydrogen) atoms. The van der Waals surface area contributed by atoms with E-state index in [1.807, 2.05) is 25.1 Å². The number of hydrogen-bond acceptors (Lipinski definition) is 3. The van der Waals surface area contributed by atoms with E-state index in [2.05, 4.69) is 5.32 Å². The summed E-state index contributed by atoms with van der Waals surface area (Å²) in [6.07, 6.45) is 0. The fourth-order valence-corrected chi connectivity index (χ4v) is 1.47. The lowest BCUT2D eigenvalue weighted by Crippen LogP contribution is -2.22. The zero-order valence-electron chi connectivity index (χ0n) is 8.41. The number of nitrogens with one attached hydrogen (secondary N) is 1. The number of amides is 1. The molecule has 0 atom stereocenters. The SMILES string of the molecule is Cc1cc(NCC(N)=O)ccc1C(N)=S. The van der Waals surface area contributed by atoms with Crippen molar-refractivity contribution >= 4 is 28.8 Å². The number of carbonyl (C=O) groups is 1. The molecule has 1 aromatic rings. The first-order valence-corrected chi connectivity index (χ1v) is 4.84. The second-order valence-corrected chi connectivity index (χ2v) is 3.65. The van der Waals surface area contributed by atoms with Crippen LogP contribution in [0.3, 0.4) is 0 Å². The Kier molecular flexibility index (Phi) is 3.62. The summed E-state index contributed by atoms with van der Waals surface area (Å²) in [4.78, 5) is 10.9. The summed E-state index contributed by atoms with van der Waals surface area (Å²) in [5.41, 5.74) is 13.2. The molecule has 4 nitrogen and oxygen atoms in total. The van der Waals surface area contributed by atoms with Crippen LogP contribution in [0.15, 0.2) is 18.2 Å². The molecule has 1 amide bonds. The first kappa shape index (κ1) is 11.5. The van der Waals surface area contributed by atoms with E-state index < -0.39 is 5.91 Å². The summed E-state index contributed by atoms with van der Waals surface area (Å²) in [6, 6.07) is 5.50. The largest absolute Gasteiger partial charge is 0.389 e. The van der Waals surface area contributed by atoms with Gasteiger partial charge in [-0.25, -0.2) is 0 Å². The van der Waals surface area contributed by atoms with Crippen molar-refractivity contribution in [2.45, 2.75) is 6.92 Å². The lowest BCUT2D eigenvalue weighted by atomic mass is 10.1. The van der Waals surface area contributed by atoms with Crippen LogP contribution >= 0.6 is 12.2 Å². The van der Waals surface area contributed by atoms with Crippen molar-refractivity contribution in [1.29, 1.82) is 0 Å². The molecule has 0 fully saturated rings. The van der Waals surface area contributed by atoms with Crippen LogP contribution in [0.1, 0.15) is 11.1 Å². The molecule has 0 saturated carbocycles. The number of rotatable bonds is 4. The molecular weight excluding hydrogens is 210 g/mol. The number of primary amides is 1. The fraction of sp³-hybridized carbons (Fsp3) is 0.200. The lowest BCUT2D eigenvalue weighted by Gasteiger charge is -2.08. The Morgan fingerprint density at radius 1 is 1.47 bits per heavy atom. The van der Waals surface area contributed by atoms with Crippen LogP contribution in [-0.2, 0) is 4.79 Å². The number of thiocarbonyl (C=S) groups is 1. The van der Waals surface area contributed by atoms with Crippen molar-refractivity contribution < 1.29 is 4.79 Å². The highest BCUT2D eigenvalue weighted by molar-refractivity contribution is 7.80. The van der Waals surface area contributed by atoms with Gasteiger partial charge in [-0.05, 0) is 30.7 Å². The molecule has 1 aromatic carbocycles. The smallest absolute Gasteiger partial charge is 0.236 e. The average molecular weight is 223 g/mol. The maximum absolute atomic E-state index is 10.6. The summed E-state index contributed by atoms with van der Waals surface area (Å²) in [5.74, 6) is -0.397. The Balaban J connectivity index is 2.82. The van der Waals surface area contributed by atoms with Crippen molar-refractivity contribution in [3.63, 3.8) is 0 Å². The molecule has 0 bridgehead atoms. The van der Waals surface area contributed by atoms with Crippen molar-refractivity contribution in [2.24, 2.45) is 11.5 Å². The monoisotopic (exact) mass is 223 g/mol. The maximum Gasteiger partial charge on any atom is 0.236 e. The van der Waals surface area contributed by atoms with Gasteiger partial charge in [0.1, 0.15) is 4.99 Å². The third-order valence-corrected chi connectivity index (χ3v) is 2.18. The zero-order valence-corrected chi connectivity index (χ0v) is 9.23. The van der Waals surface area contributed by atoms with Gasteiger partial charge in [0.25, 0.3) is 0 Å². The molecule has 5 heteroatoms. The molecule has 5 N–H and O–H groups in total. The number of aryl methyl sites for hydroxylation is 1. The predicted molar refractivity (Wildman–Crippen MR) is 64.8 cm³/mol. The number of anilines is 1. The van der Waals surface area contributed by atoms with Gasteiger partial charge >= 0.3 is 0 Å². The van der Waals surface area contributed by atoms with Gasteiger partial charge < -0.3 is 16.8 Å². The summed E-state index contributed by atoms with van der Waals surface area (Å²) >= 11 is 4.88. The van der Waals surface area contributed by atoms with Crippen LogP contribution in [-0.4, -0.2) is 17.4 Å². The van der Waals surface area contributed by atoms with Gasteiger partial charge in [-0.2, -0.15) is 0 Å². The van der Waals surface area contributed by atoms with Gasteiger partial charge in [0.2, 0.25) is 5.91 Å². The summed E-state index contributed by atoms with van der Waals surface area (Å²) in [6.45, 7) is 2.02. The van der Waals surface area contributed by atoms with Gasteiger partial charge in [0, 0.05) is 11.3 Å². The van der Waals surface area contributed by atoms with E-state index in [1.165, 1.54) is 0 Å². The minimum atomic E-state index is -0.397. The highest BCUT2D eigenvalue weighted by Crippen LogP contribution is 2.14. The second kappa shape index (κ2) is 4.75. The van der Waals surface area contributed by atoms with Crippen molar-refractivity contribution in [1.82, 2.24) is 0 Å². The molecule has 0 saturated heterocycles. The Labute approximate surface area is 93.6 Å². The molecule has 0 aliphatic rings. The summed E-state index contributed by atoms with van der Waals surface area (Å²) in [5, 5.41) is 2.89. The predicted octanol–water partition coefficient (Wildman–Crippen LogP) is 0.526. The van der Waals surface area contributed by atoms with Crippen molar-refractivity contribution in [3.05, 3.63) is 29.3 Å². The van der Waals surface area contributed by atoms with Crippen LogP contribution in [0, 0.1) is 6.92 Å². The third kappa shape index (κ3) is 3.21. The van der Waals surface area contributed by atoms with Crippen LogP contribution < -0.4 is 16.8 Å². The number of benzene rings is 1. The van der Waals surface area contributed by atoms with Crippen LogP contribution in [0.2, 0.25) is 0 Å². The Morgan fingerprint density at radius 3 is 2.60 bits per heavy atom. The van der Waals surface area contributed by atoms with Gasteiger partial charge in [-0.3, -0.25) is 4.79 Å². The Morgan fingerprint density at radius 2 is 2.13 bits per heavy atom. The quantitative estimate of drug-likeness (QED) is 0.650. The molecule has 1 rings (SSSR count). The molecule has 80 valence electrons. The third-order valence-electron chi connectivity index (χ3n) is 1.96. The van der Waals surface area contributed by atoms with Crippen LogP contribution in [0.4, 0.5) is 5.69 Å². The van der Waals surface area contributed by atoms with E-state index in [0.717, 1.165) is 16.8 Å². The molecule has 0 aliphatic heterocycles. The van der Waals surface area contributed by atoms with Crippen molar-refractivity contribution in [2.75, 3.05) is 11.9 Å². The highest BCUT2D eigenvalue weighted by Gasteiger charge is 2.02. The van der Waals surface area contributed by atoms with E-state index in [0.29, 0.717) is 4.99 Å². The molecule has 0 unspecified atom stereocenters. The van der Waals surface area contributed by atoms with E-state index in [4.69, 9.17) is 23.7 Å². The van der Waals surface area contributed by atoms with E-state index in [-0.39, 0.29) is 6.54 Å². The standard InChI is InChI=1S/C10H13N3OS/c1-6-4-7(13-5-9(11)14)2-3-8(6)10(12)15/h2-4,13H,5H2,1H3,(H2,11,14)(H2,12,15). The average Bonchev–Trinajstić information content (AvgIpc) is 2.14. The molecule has 0 aromatic heterocycles. The minimum absolute atomic E-state index is 0.117. The Bertz CT molecular complexity index is 404. The van der Waals surface area contributed by atoms with Crippen LogP contribution in [0.25, 0.3) is 0 Å². The van der Waals surface area contributed by atoms with Gasteiger partial charge in [-0.1, -0.05) is 12.2 Å². The first-order valence-electron chi connectivity index (χ1n) is 4.43. The van der Waals surface area contributed by atoms with E-state index >= 15 is 0 Å². The normalized spacial score (nSPS) is 9.67. The summed E-state index contributed by atoms with van der Waals surface area (Å²) < 4.78 is 0. The maximum atomic E-state index is 10.6. The van der Waals surface area contributed by atoms with Gasteiger partial charge in [0.15, 0.2) is 0 Å². The van der Waals surface area contributed by atoms with E-state index in [9.17, 15) is 4.79 Å². The lowest BCUT2D eigenvalue weighted by molar-refractivity contribution is -0.116. The molecular formula is C10H13N3OS. The van der Waals surface area contributed by atoms with Crippen molar-refractivity contribution in [3.8, 4) is 0 Å². The fourth-order valence-electron chi connectivity index (χ4n) is 1.24. The van der Waals surface area contributed by atoms with Gasteiger partial charge in [-0.15, -0.1) is 0 Å². The van der Waals surface area contributed by atoms with Crippen LogP contribution in [0.5, 0.6) is 0 Å². The van der Waals surface area contributed by atoms with E-state index in [1.54, 1.807) is 0 Å². The minimum Gasteiger partial charge on any atom is -0.389 e. The molecule has 0 spiro atoms. The second-order valence-electron chi connectivity index (χ2n) is 3.21. The number of hydrogen-bond donors (Lipinski definition) is 3. The molecule has 0 heterocycles. The number of carbonyl (C=O) groups excluding carboxylic acids is 1. The number of nitrogens with two attached hydrogens (primary N) is 2. The topological polar surface area (TPSA) is 81.1 Å². The first-order chi connectivity index (χ1) is 7.00. The highest BCUT2D eigenvalue weighted by atomic mass is 32.1. The zero-order chi connectivity index (χ0) is 11.4.